The van der Waals surface area contributed by atoms with E-state index in [2.05, 4.69) is 10.3 Å². The molecule has 0 bridgehead atoms. The second-order valence-electron chi connectivity index (χ2n) is 3.44. The molecule has 1 aromatic heterocycles. The van der Waals surface area contributed by atoms with Crippen LogP contribution in [0.15, 0.2) is 23.6 Å². The zero-order valence-electron chi connectivity index (χ0n) is 9.03. The molecule has 1 aromatic carbocycles. The van der Waals surface area contributed by atoms with Gasteiger partial charge in [-0.15, -0.1) is 11.3 Å². The second kappa shape index (κ2) is 4.73. The summed E-state index contributed by atoms with van der Waals surface area (Å²) in [6.45, 7) is 1.85. The van der Waals surface area contributed by atoms with Crippen molar-refractivity contribution in [3.8, 4) is 0 Å². The van der Waals surface area contributed by atoms with Crippen LogP contribution >= 0.6 is 22.9 Å². The quantitative estimate of drug-likeness (QED) is 0.822. The number of rotatable bonds is 2. The number of nitrogens with one attached hydrogen (secondary N) is 1. The molecule has 0 saturated heterocycles. The van der Waals surface area contributed by atoms with E-state index in [1.165, 1.54) is 11.3 Å². The predicted molar refractivity (Wildman–Crippen MR) is 70.7 cm³/mol. The van der Waals surface area contributed by atoms with E-state index in [9.17, 15) is 4.79 Å². The summed E-state index contributed by atoms with van der Waals surface area (Å²) in [6.07, 6.45) is 0. The molecule has 2 aromatic rings. The number of anilines is 2. The van der Waals surface area contributed by atoms with E-state index >= 15 is 0 Å². The summed E-state index contributed by atoms with van der Waals surface area (Å²) < 4.78 is 0. The van der Waals surface area contributed by atoms with Crippen molar-refractivity contribution in [3.63, 3.8) is 0 Å². The van der Waals surface area contributed by atoms with Crippen LogP contribution in [0.25, 0.3) is 0 Å². The number of aryl methyl sites for hydroxylation is 1. The molecular weight excluding hydrogens is 258 g/mol. The highest BCUT2D eigenvalue weighted by molar-refractivity contribution is 7.09. The van der Waals surface area contributed by atoms with Crippen molar-refractivity contribution in [1.29, 1.82) is 0 Å². The van der Waals surface area contributed by atoms with E-state index in [4.69, 9.17) is 17.3 Å². The van der Waals surface area contributed by atoms with Gasteiger partial charge in [-0.2, -0.15) is 0 Å². The molecule has 88 valence electrons. The normalized spacial score (nSPS) is 10.2. The summed E-state index contributed by atoms with van der Waals surface area (Å²) in [5.74, 6) is -0.254. The van der Waals surface area contributed by atoms with Crippen LogP contribution in [0.5, 0.6) is 0 Å². The van der Waals surface area contributed by atoms with Crippen LogP contribution in [0.4, 0.5) is 11.4 Å². The second-order valence-corrected chi connectivity index (χ2v) is 4.91. The van der Waals surface area contributed by atoms with Crippen LogP contribution in [-0.4, -0.2) is 10.9 Å². The van der Waals surface area contributed by atoms with E-state index < -0.39 is 0 Å². The number of nitrogen functional groups attached to an aromatic ring is 1. The molecule has 4 nitrogen and oxygen atoms in total. The van der Waals surface area contributed by atoms with Gasteiger partial charge in [-0.25, -0.2) is 4.98 Å². The molecular formula is C11H10ClN3OS. The molecule has 17 heavy (non-hydrogen) atoms. The Hall–Kier alpha value is -1.59. The fourth-order valence-corrected chi connectivity index (χ4v) is 2.04. The Bertz CT molecular complexity index is 568. The largest absolute Gasteiger partial charge is 0.398 e. The highest BCUT2D eigenvalue weighted by atomic mass is 35.5. The minimum atomic E-state index is -0.254. The van der Waals surface area contributed by atoms with E-state index in [0.29, 0.717) is 22.1 Å². The Morgan fingerprint density at radius 3 is 2.88 bits per heavy atom. The third kappa shape index (κ3) is 2.75. The minimum absolute atomic E-state index is 0.254. The number of hydrogen-bond acceptors (Lipinski definition) is 4. The number of nitrogens with zero attached hydrogens (tertiary/aromatic N) is 1. The van der Waals surface area contributed by atoms with Crippen molar-refractivity contribution in [2.24, 2.45) is 0 Å². The van der Waals surface area contributed by atoms with Crippen LogP contribution in [-0.2, 0) is 0 Å². The number of nitrogens with two attached hydrogens (primary N) is 1. The van der Waals surface area contributed by atoms with E-state index in [0.717, 1.165) is 5.01 Å². The maximum Gasteiger partial charge on any atom is 0.275 e. The molecule has 0 aliphatic carbocycles. The van der Waals surface area contributed by atoms with Crippen molar-refractivity contribution < 1.29 is 4.79 Å². The number of carbonyl (C=O) groups is 1. The number of halogens is 1. The third-order valence-electron chi connectivity index (χ3n) is 2.11. The summed E-state index contributed by atoms with van der Waals surface area (Å²) >= 11 is 7.29. The van der Waals surface area contributed by atoms with E-state index in [1.807, 2.05) is 6.92 Å². The Balaban J connectivity index is 2.15. The first-order chi connectivity index (χ1) is 8.06. The lowest BCUT2D eigenvalue weighted by molar-refractivity contribution is 0.102. The maximum atomic E-state index is 11.8. The molecule has 1 heterocycles. The molecule has 0 unspecified atom stereocenters. The van der Waals surface area contributed by atoms with Crippen LogP contribution in [0.3, 0.4) is 0 Å². The van der Waals surface area contributed by atoms with Gasteiger partial charge < -0.3 is 11.1 Å². The van der Waals surface area contributed by atoms with E-state index in [-0.39, 0.29) is 5.91 Å². The SMILES string of the molecule is Cc1nc(C(=O)Nc2ccc(N)c(Cl)c2)cs1. The summed E-state index contributed by atoms with van der Waals surface area (Å²) in [5, 5.41) is 5.68. The van der Waals surface area contributed by atoms with Gasteiger partial charge in [-0.3, -0.25) is 4.79 Å². The summed E-state index contributed by atoms with van der Waals surface area (Å²) in [6, 6.07) is 4.94. The molecule has 6 heteroatoms. The average Bonchev–Trinajstić information content (AvgIpc) is 2.70. The smallest absolute Gasteiger partial charge is 0.275 e. The molecule has 0 saturated carbocycles. The van der Waals surface area contributed by atoms with Gasteiger partial charge in [0.15, 0.2) is 0 Å². The van der Waals surface area contributed by atoms with Gasteiger partial charge in [0.25, 0.3) is 5.91 Å². The fourth-order valence-electron chi connectivity index (χ4n) is 1.27. The van der Waals surface area contributed by atoms with Crippen molar-refractivity contribution in [2.45, 2.75) is 6.92 Å². The first kappa shape index (κ1) is 11.9. The highest BCUT2D eigenvalue weighted by Crippen LogP contribution is 2.23. The van der Waals surface area contributed by atoms with Gasteiger partial charge >= 0.3 is 0 Å². The topological polar surface area (TPSA) is 68.0 Å². The number of benzene rings is 1. The Morgan fingerprint density at radius 1 is 1.53 bits per heavy atom. The Morgan fingerprint density at radius 2 is 2.29 bits per heavy atom. The molecule has 3 N–H and O–H groups in total. The standard InChI is InChI=1S/C11H10ClN3OS/c1-6-14-10(5-17-6)11(16)15-7-2-3-9(13)8(12)4-7/h2-5H,13H2,1H3,(H,15,16). The number of carbonyl (C=O) groups excluding carboxylic acids is 1. The van der Waals surface area contributed by atoms with Crippen LogP contribution in [0.2, 0.25) is 5.02 Å². The predicted octanol–water partition coefficient (Wildman–Crippen LogP) is 2.94. The molecule has 0 atom stereocenters. The van der Waals surface area contributed by atoms with Gasteiger partial charge in [0, 0.05) is 11.1 Å². The Labute approximate surface area is 107 Å². The summed E-state index contributed by atoms with van der Waals surface area (Å²) in [4.78, 5) is 15.9. The van der Waals surface area contributed by atoms with Crippen LogP contribution < -0.4 is 11.1 Å². The zero-order chi connectivity index (χ0) is 12.4. The number of hydrogen-bond donors (Lipinski definition) is 2. The number of thiazole rings is 1. The monoisotopic (exact) mass is 267 g/mol. The summed E-state index contributed by atoms with van der Waals surface area (Å²) in [5.41, 5.74) is 7.06. The van der Waals surface area contributed by atoms with Gasteiger partial charge in [0.1, 0.15) is 5.69 Å². The van der Waals surface area contributed by atoms with Crippen LogP contribution in [0, 0.1) is 6.92 Å². The van der Waals surface area contributed by atoms with E-state index in [1.54, 1.807) is 23.6 Å². The lowest BCUT2D eigenvalue weighted by Gasteiger charge is -2.04. The molecule has 0 spiro atoms. The minimum Gasteiger partial charge on any atom is -0.398 e. The first-order valence-corrected chi connectivity index (χ1v) is 6.10. The third-order valence-corrected chi connectivity index (χ3v) is 3.21. The molecule has 0 aliphatic heterocycles. The molecule has 0 aliphatic rings. The lowest BCUT2D eigenvalue weighted by atomic mass is 10.3. The molecule has 0 radical (unpaired) electrons. The fraction of sp³-hybridized carbons (Fsp3) is 0.0909. The first-order valence-electron chi connectivity index (χ1n) is 4.85. The lowest BCUT2D eigenvalue weighted by Crippen LogP contribution is -2.12. The molecule has 1 amide bonds. The van der Waals surface area contributed by atoms with Gasteiger partial charge in [-0.1, -0.05) is 11.6 Å². The van der Waals surface area contributed by atoms with Crippen molar-refractivity contribution in [2.75, 3.05) is 11.1 Å². The maximum absolute atomic E-state index is 11.8. The zero-order valence-corrected chi connectivity index (χ0v) is 10.6. The van der Waals surface area contributed by atoms with Crippen molar-refractivity contribution in [1.82, 2.24) is 4.98 Å². The van der Waals surface area contributed by atoms with Crippen molar-refractivity contribution >= 4 is 40.2 Å². The van der Waals surface area contributed by atoms with Gasteiger partial charge in [0.05, 0.1) is 15.7 Å². The van der Waals surface area contributed by atoms with Crippen LogP contribution in [0.1, 0.15) is 15.5 Å². The highest BCUT2D eigenvalue weighted by Gasteiger charge is 2.10. The van der Waals surface area contributed by atoms with Crippen molar-refractivity contribution in [3.05, 3.63) is 39.3 Å². The molecule has 2 rings (SSSR count). The van der Waals surface area contributed by atoms with Gasteiger partial charge in [0.2, 0.25) is 0 Å². The average molecular weight is 268 g/mol. The van der Waals surface area contributed by atoms with Gasteiger partial charge in [-0.05, 0) is 25.1 Å². The number of amides is 1. The molecule has 0 fully saturated rings. The number of aromatic nitrogens is 1. The summed E-state index contributed by atoms with van der Waals surface area (Å²) in [7, 11) is 0. The Kier molecular flexibility index (Phi) is 3.31.